The highest BCUT2D eigenvalue weighted by atomic mass is 19.4. The topological polar surface area (TPSA) is 94.6 Å². The molecule has 0 spiro atoms. The Morgan fingerprint density at radius 1 is 0.919 bits per heavy atom. The van der Waals surface area contributed by atoms with E-state index in [1.807, 2.05) is 0 Å². The van der Waals surface area contributed by atoms with E-state index >= 15 is 0 Å². The van der Waals surface area contributed by atoms with Crippen molar-refractivity contribution in [2.45, 2.75) is 18.9 Å². The lowest BCUT2D eigenvalue weighted by Gasteiger charge is -2.16. The van der Waals surface area contributed by atoms with Crippen LogP contribution in [0.15, 0.2) is 48.5 Å². The second kappa shape index (κ2) is 8.98. The molecule has 0 fully saturated rings. The van der Waals surface area contributed by atoms with Gasteiger partial charge in [0.1, 0.15) is 11.6 Å². The summed E-state index contributed by atoms with van der Waals surface area (Å²) < 4.78 is 102. The molecule has 4 aromatic rings. The average Bonchev–Trinajstić information content (AvgIpc) is 3.11. The molecular formula is C24H15F7N2O4. The first-order valence-electron chi connectivity index (χ1n) is 10.3. The van der Waals surface area contributed by atoms with E-state index in [0.717, 1.165) is 16.7 Å². The number of ether oxygens (including phenoxy) is 1. The van der Waals surface area contributed by atoms with Gasteiger partial charge in [0.15, 0.2) is 6.61 Å². The number of hydrogen-bond donors (Lipinski definition) is 2. The van der Waals surface area contributed by atoms with E-state index in [0.29, 0.717) is 12.1 Å². The second-order valence-electron chi connectivity index (χ2n) is 8.00. The number of carboxylic acids is 1. The number of carbonyl (C=O) groups excluding carboxylic acids is 1. The molecule has 0 atom stereocenters. The second-order valence-corrected chi connectivity index (χ2v) is 8.00. The number of hydrogen-bond acceptors (Lipinski definition) is 3. The summed E-state index contributed by atoms with van der Waals surface area (Å²) in [4.78, 5) is 23.2. The smallest absolute Gasteiger partial charge is 0.416 e. The van der Waals surface area contributed by atoms with Gasteiger partial charge < -0.3 is 20.1 Å². The molecule has 0 aliphatic carbocycles. The molecule has 0 aliphatic heterocycles. The van der Waals surface area contributed by atoms with Crippen molar-refractivity contribution in [3.63, 3.8) is 0 Å². The molecule has 1 heterocycles. The van der Waals surface area contributed by atoms with Crippen molar-refractivity contribution in [2.75, 3.05) is 6.61 Å². The van der Waals surface area contributed by atoms with Crippen LogP contribution >= 0.6 is 0 Å². The van der Waals surface area contributed by atoms with Gasteiger partial charge in [-0.1, -0.05) is 12.1 Å². The summed E-state index contributed by atoms with van der Waals surface area (Å²) in [5.41, 5.74) is 1.88. The summed E-state index contributed by atoms with van der Waals surface area (Å²) in [5, 5.41) is 8.79. The van der Waals surface area contributed by atoms with Gasteiger partial charge in [0, 0.05) is 17.5 Å². The maximum Gasteiger partial charge on any atom is 0.416 e. The lowest BCUT2D eigenvalue weighted by atomic mass is 10.0. The van der Waals surface area contributed by atoms with Gasteiger partial charge in [0.05, 0.1) is 27.5 Å². The van der Waals surface area contributed by atoms with E-state index in [9.17, 15) is 40.3 Å². The highest BCUT2D eigenvalue weighted by molar-refractivity contribution is 6.20. The van der Waals surface area contributed by atoms with Crippen LogP contribution in [-0.4, -0.2) is 28.2 Å². The number of carbonyl (C=O) groups is 2. The van der Waals surface area contributed by atoms with Crippen molar-refractivity contribution < 1.29 is 50.2 Å². The number of fused-ring (bicyclic) bond motifs is 3. The van der Waals surface area contributed by atoms with E-state index in [1.165, 1.54) is 18.2 Å². The SMILES string of the molecule is NC(=O)c1cccc2c1c1c(OCC(=O)O)cc(C(F)(F)F)cc1n2Cc1ccc(F)cc1C(F)(F)F. The largest absolute Gasteiger partial charge is 0.481 e. The van der Waals surface area contributed by atoms with Crippen LogP contribution in [-0.2, 0) is 23.7 Å². The van der Waals surface area contributed by atoms with Gasteiger partial charge >= 0.3 is 18.3 Å². The average molecular weight is 528 g/mol. The molecule has 37 heavy (non-hydrogen) atoms. The zero-order valence-electron chi connectivity index (χ0n) is 18.4. The molecule has 0 bridgehead atoms. The number of nitrogens with two attached hydrogens (primary N) is 1. The predicted molar refractivity (Wildman–Crippen MR) is 117 cm³/mol. The molecule has 0 saturated carbocycles. The monoisotopic (exact) mass is 528 g/mol. The molecule has 3 aromatic carbocycles. The van der Waals surface area contributed by atoms with Crippen molar-refractivity contribution in [3.05, 3.63) is 76.6 Å². The fraction of sp³-hybridized carbons (Fsp3) is 0.167. The summed E-state index contributed by atoms with van der Waals surface area (Å²) in [6, 6.07) is 6.99. The zero-order chi connectivity index (χ0) is 27.3. The normalized spacial score (nSPS) is 12.3. The highest BCUT2D eigenvalue weighted by Gasteiger charge is 2.36. The van der Waals surface area contributed by atoms with E-state index in [1.54, 1.807) is 0 Å². The molecular weight excluding hydrogens is 513 g/mol. The Morgan fingerprint density at radius 2 is 1.62 bits per heavy atom. The molecule has 194 valence electrons. The van der Waals surface area contributed by atoms with Gasteiger partial charge in [0.25, 0.3) is 0 Å². The first kappa shape index (κ1) is 25.8. The lowest BCUT2D eigenvalue weighted by molar-refractivity contribution is -0.139. The summed E-state index contributed by atoms with van der Waals surface area (Å²) in [5.74, 6) is -4.24. The van der Waals surface area contributed by atoms with E-state index in [4.69, 9.17) is 15.6 Å². The van der Waals surface area contributed by atoms with Crippen LogP contribution in [0.5, 0.6) is 5.75 Å². The predicted octanol–water partition coefficient (Wildman–Crippen LogP) is 5.58. The number of carboxylic acid groups (broad SMARTS) is 1. The van der Waals surface area contributed by atoms with Crippen LogP contribution in [0.1, 0.15) is 27.0 Å². The minimum Gasteiger partial charge on any atom is -0.481 e. The molecule has 0 aliphatic rings. The molecule has 6 nitrogen and oxygen atoms in total. The van der Waals surface area contributed by atoms with Gasteiger partial charge in [-0.2, -0.15) is 26.3 Å². The van der Waals surface area contributed by atoms with Crippen LogP contribution in [0, 0.1) is 5.82 Å². The molecule has 0 radical (unpaired) electrons. The molecule has 0 saturated heterocycles. The summed E-state index contributed by atoms with van der Waals surface area (Å²) in [6.45, 7) is -1.73. The Balaban J connectivity index is 2.13. The quantitative estimate of drug-likeness (QED) is 0.320. The number of primary amides is 1. The molecule has 1 amide bonds. The first-order valence-corrected chi connectivity index (χ1v) is 10.3. The van der Waals surface area contributed by atoms with Crippen molar-refractivity contribution in [2.24, 2.45) is 5.73 Å². The van der Waals surface area contributed by atoms with Crippen LogP contribution in [0.4, 0.5) is 30.7 Å². The van der Waals surface area contributed by atoms with Gasteiger partial charge in [-0.3, -0.25) is 4.79 Å². The van der Waals surface area contributed by atoms with Crippen LogP contribution in [0.3, 0.4) is 0 Å². The molecule has 4 rings (SSSR count). The van der Waals surface area contributed by atoms with Crippen molar-refractivity contribution in [1.29, 1.82) is 0 Å². The van der Waals surface area contributed by atoms with Gasteiger partial charge in [-0.25, -0.2) is 9.18 Å². The Bertz CT molecular complexity index is 1560. The molecule has 0 unspecified atom stereocenters. The minimum absolute atomic E-state index is 0.0169. The maximum atomic E-state index is 13.7. The third kappa shape index (κ3) is 4.88. The first-order chi connectivity index (χ1) is 17.2. The number of rotatable bonds is 6. The van der Waals surface area contributed by atoms with Crippen LogP contribution in [0.25, 0.3) is 21.8 Å². The molecule has 3 N–H and O–H groups in total. The Morgan fingerprint density at radius 3 is 2.22 bits per heavy atom. The Hall–Kier alpha value is -4.29. The molecule has 1 aromatic heterocycles. The maximum absolute atomic E-state index is 13.7. The van der Waals surface area contributed by atoms with Crippen LogP contribution < -0.4 is 10.5 Å². The number of amides is 1. The van der Waals surface area contributed by atoms with E-state index in [2.05, 4.69) is 0 Å². The number of benzene rings is 3. The number of halogens is 7. The minimum atomic E-state index is -4.98. The fourth-order valence-corrected chi connectivity index (χ4v) is 4.14. The van der Waals surface area contributed by atoms with Gasteiger partial charge in [-0.15, -0.1) is 0 Å². The fourth-order valence-electron chi connectivity index (χ4n) is 4.14. The number of aromatic nitrogens is 1. The standard InChI is InChI=1S/C24H15F7N2O4/c25-13-5-4-11(15(8-13)24(29,30)31)9-33-16-3-1-2-14(22(32)36)20(16)21-17(33)6-12(23(26,27)28)7-18(21)37-10-19(34)35/h1-8H,9-10H2,(H2,32,36)(H,34,35). The number of nitrogens with zero attached hydrogens (tertiary/aromatic N) is 1. The number of aliphatic carboxylic acids is 1. The van der Waals surface area contributed by atoms with Gasteiger partial charge in [-0.05, 0) is 42.0 Å². The van der Waals surface area contributed by atoms with Crippen molar-refractivity contribution in [1.82, 2.24) is 4.57 Å². The Labute approximate surface area is 202 Å². The number of alkyl halides is 6. The van der Waals surface area contributed by atoms with Gasteiger partial charge in [0.2, 0.25) is 5.91 Å². The van der Waals surface area contributed by atoms with Crippen LogP contribution in [0.2, 0.25) is 0 Å². The van der Waals surface area contributed by atoms with E-state index in [-0.39, 0.29) is 33.4 Å². The zero-order valence-corrected chi connectivity index (χ0v) is 18.4. The summed E-state index contributed by atoms with van der Waals surface area (Å²) in [6.07, 6.45) is -9.93. The third-order valence-electron chi connectivity index (χ3n) is 5.61. The Kier molecular flexibility index (Phi) is 6.26. The van der Waals surface area contributed by atoms with Crippen molar-refractivity contribution >= 4 is 33.7 Å². The van der Waals surface area contributed by atoms with E-state index < -0.39 is 65.6 Å². The summed E-state index contributed by atoms with van der Waals surface area (Å²) >= 11 is 0. The third-order valence-corrected chi connectivity index (χ3v) is 5.61. The van der Waals surface area contributed by atoms with Crippen molar-refractivity contribution in [3.8, 4) is 5.75 Å². The highest BCUT2D eigenvalue weighted by Crippen LogP contribution is 2.43. The lowest BCUT2D eigenvalue weighted by Crippen LogP contribution is -2.13. The summed E-state index contributed by atoms with van der Waals surface area (Å²) in [7, 11) is 0. The molecule has 13 heteroatoms.